The molecular weight excluding hydrogens is 90.1 g/mol. The summed E-state index contributed by atoms with van der Waals surface area (Å²) in [6.45, 7) is 3.95. The number of nitrogens with two attached hydrogens (primary N) is 1. The van der Waals surface area contributed by atoms with Crippen LogP contribution in [0.1, 0.15) is 0 Å². The van der Waals surface area contributed by atoms with E-state index in [1.54, 1.807) is 6.08 Å². The Kier molecular flexibility index (Phi) is 4.41. The zero-order valence-corrected chi connectivity index (χ0v) is 4.13. The molecule has 0 rings (SSSR count). The second-order valence-corrected chi connectivity index (χ2v) is 0.951. The first-order chi connectivity index (χ1) is 3.41. The number of hydrogen-bond donors (Lipinski definition) is 1. The van der Waals surface area contributed by atoms with Gasteiger partial charge in [-0.3, -0.25) is 0 Å². The topological polar surface area (TPSA) is 35.2 Å². The molecule has 0 saturated heterocycles. The Morgan fingerprint density at radius 1 is 1.71 bits per heavy atom. The third-order valence-corrected chi connectivity index (χ3v) is 0.389. The van der Waals surface area contributed by atoms with E-state index in [1.807, 2.05) is 0 Å². The zero-order chi connectivity index (χ0) is 5.54. The monoisotopic (exact) mass is 99.1 g/mol. The quantitative estimate of drug-likeness (QED) is 0.320. The molecule has 2 heteroatoms. The highest BCUT2D eigenvalue weighted by molar-refractivity contribution is 4.69. The van der Waals surface area contributed by atoms with Crippen LogP contribution in [0.3, 0.4) is 0 Å². The summed E-state index contributed by atoms with van der Waals surface area (Å²) in [5, 5.41) is 0. The van der Waals surface area contributed by atoms with Crippen LogP contribution in [0.4, 0.5) is 0 Å². The second kappa shape index (κ2) is 5.08. The highest BCUT2D eigenvalue weighted by Gasteiger charge is 1.64. The van der Waals surface area contributed by atoms with E-state index in [-0.39, 0.29) is 0 Å². The van der Waals surface area contributed by atoms with E-state index in [0.717, 1.165) is 0 Å². The minimum Gasteiger partial charge on any atom is -0.496 e. The van der Waals surface area contributed by atoms with Crippen molar-refractivity contribution in [2.24, 2.45) is 5.73 Å². The number of ether oxygens (including phenoxy) is 1. The van der Waals surface area contributed by atoms with Gasteiger partial charge in [-0.05, 0) is 0 Å². The van der Waals surface area contributed by atoms with Gasteiger partial charge in [0.1, 0.15) is 6.61 Å². The van der Waals surface area contributed by atoms with Crippen molar-refractivity contribution in [3.8, 4) is 0 Å². The molecule has 0 unspecified atom stereocenters. The first-order valence-electron chi connectivity index (χ1n) is 2.01. The molecule has 0 aliphatic heterocycles. The molecule has 0 aromatic carbocycles. The fourth-order valence-corrected chi connectivity index (χ4v) is 0.179. The molecule has 0 aliphatic rings. The van der Waals surface area contributed by atoms with E-state index in [2.05, 4.69) is 6.58 Å². The lowest BCUT2D eigenvalue weighted by Gasteiger charge is -1.88. The van der Waals surface area contributed by atoms with Crippen LogP contribution in [0.15, 0.2) is 25.1 Å². The lowest BCUT2D eigenvalue weighted by molar-refractivity contribution is 0.289. The normalized spacial score (nSPS) is 9.14. The van der Waals surface area contributed by atoms with Crippen LogP contribution in [0, 0.1) is 0 Å². The molecule has 0 saturated carbocycles. The van der Waals surface area contributed by atoms with E-state index in [0.29, 0.717) is 6.61 Å². The van der Waals surface area contributed by atoms with E-state index in [4.69, 9.17) is 10.5 Å². The molecule has 2 N–H and O–H groups in total. The van der Waals surface area contributed by atoms with Gasteiger partial charge in [-0.25, -0.2) is 0 Å². The second-order valence-electron chi connectivity index (χ2n) is 0.951. The number of hydrogen-bond acceptors (Lipinski definition) is 2. The van der Waals surface area contributed by atoms with Gasteiger partial charge < -0.3 is 10.5 Å². The first kappa shape index (κ1) is 6.08. The van der Waals surface area contributed by atoms with Crippen LogP contribution in [0.25, 0.3) is 0 Å². The molecule has 0 spiro atoms. The van der Waals surface area contributed by atoms with Crippen LogP contribution >= 0.6 is 0 Å². The van der Waals surface area contributed by atoms with Crippen molar-refractivity contribution in [2.75, 3.05) is 6.61 Å². The third-order valence-electron chi connectivity index (χ3n) is 0.389. The van der Waals surface area contributed by atoms with Crippen LogP contribution < -0.4 is 5.73 Å². The third kappa shape index (κ3) is 5.08. The van der Waals surface area contributed by atoms with Crippen molar-refractivity contribution in [1.29, 1.82) is 0 Å². The van der Waals surface area contributed by atoms with E-state index >= 15 is 0 Å². The maximum absolute atomic E-state index is 4.93. The highest BCUT2D eigenvalue weighted by atomic mass is 16.5. The highest BCUT2D eigenvalue weighted by Crippen LogP contribution is 1.72. The van der Waals surface area contributed by atoms with Crippen molar-refractivity contribution in [3.63, 3.8) is 0 Å². The summed E-state index contributed by atoms with van der Waals surface area (Å²) in [4.78, 5) is 0. The van der Waals surface area contributed by atoms with Crippen molar-refractivity contribution in [1.82, 2.24) is 0 Å². The van der Waals surface area contributed by atoms with Crippen LogP contribution in [0.5, 0.6) is 0 Å². The molecule has 0 aromatic heterocycles. The van der Waals surface area contributed by atoms with E-state index in [1.165, 1.54) is 12.5 Å². The Balaban J connectivity index is 2.82. The van der Waals surface area contributed by atoms with Gasteiger partial charge in [-0.2, -0.15) is 0 Å². The molecule has 0 fully saturated rings. The van der Waals surface area contributed by atoms with Gasteiger partial charge >= 0.3 is 0 Å². The predicted molar refractivity (Wildman–Crippen MR) is 29.5 cm³/mol. The molecule has 0 radical (unpaired) electrons. The van der Waals surface area contributed by atoms with Crippen molar-refractivity contribution < 1.29 is 4.74 Å². The van der Waals surface area contributed by atoms with Gasteiger partial charge in [0, 0.05) is 6.20 Å². The molecule has 40 valence electrons. The van der Waals surface area contributed by atoms with Gasteiger partial charge in [0.15, 0.2) is 0 Å². The molecular formula is C5H9NO. The summed E-state index contributed by atoms with van der Waals surface area (Å²) in [6, 6.07) is 0. The van der Waals surface area contributed by atoms with Gasteiger partial charge in [0.25, 0.3) is 0 Å². The first-order valence-corrected chi connectivity index (χ1v) is 2.01. The molecule has 0 aromatic rings. The van der Waals surface area contributed by atoms with Crippen molar-refractivity contribution >= 4 is 0 Å². The summed E-state index contributed by atoms with van der Waals surface area (Å²) in [5.41, 5.74) is 4.93. The molecule has 0 atom stereocenters. The smallest absolute Gasteiger partial charge is 0.105 e. The fourth-order valence-electron chi connectivity index (χ4n) is 0.179. The fraction of sp³-hybridized carbons (Fsp3) is 0.200. The minimum atomic E-state index is 0.522. The minimum absolute atomic E-state index is 0.522. The SMILES string of the molecule is C=CCO/C=C/N. The molecule has 0 heterocycles. The molecule has 7 heavy (non-hydrogen) atoms. The lowest BCUT2D eigenvalue weighted by atomic mass is 10.7. The molecule has 0 bridgehead atoms. The summed E-state index contributed by atoms with van der Waals surface area (Å²) in [7, 11) is 0. The Morgan fingerprint density at radius 3 is 2.86 bits per heavy atom. The van der Waals surface area contributed by atoms with Crippen molar-refractivity contribution in [2.45, 2.75) is 0 Å². The average molecular weight is 99.1 g/mol. The Labute approximate surface area is 43.3 Å². The van der Waals surface area contributed by atoms with E-state index < -0.39 is 0 Å². The van der Waals surface area contributed by atoms with E-state index in [9.17, 15) is 0 Å². The molecule has 0 aliphatic carbocycles. The van der Waals surface area contributed by atoms with Crippen molar-refractivity contribution in [3.05, 3.63) is 25.1 Å². The maximum Gasteiger partial charge on any atom is 0.105 e. The van der Waals surface area contributed by atoms with Gasteiger partial charge in [-0.15, -0.1) is 0 Å². The predicted octanol–water partition coefficient (Wildman–Crippen LogP) is 0.619. The average Bonchev–Trinajstić information content (AvgIpc) is 1.69. The standard InChI is InChI=1S/C5H9NO/c1-2-4-7-5-3-6/h2-3,5H,1,4,6H2/b5-3+. The molecule has 0 amide bonds. The van der Waals surface area contributed by atoms with Crippen LogP contribution in [-0.2, 0) is 4.74 Å². The van der Waals surface area contributed by atoms with Crippen LogP contribution in [0.2, 0.25) is 0 Å². The largest absolute Gasteiger partial charge is 0.496 e. The lowest BCUT2D eigenvalue weighted by Crippen LogP contribution is -1.82. The zero-order valence-electron chi connectivity index (χ0n) is 4.13. The Hall–Kier alpha value is -0.920. The van der Waals surface area contributed by atoms with Gasteiger partial charge in [0.05, 0.1) is 6.26 Å². The maximum atomic E-state index is 4.93. The summed E-state index contributed by atoms with van der Waals surface area (Å²) >= 11 is 0. The summed E-state index contributed by atoms with van der Waals surface area (Å²) in [6.07, 6.45) is 4.41. The summed E-state index contributed by atoms with van der Waals surface area (Å²) < 4.78 is 4.71. The van der Waals surface area contributed by atoms with Crippen LogP contribution in [-0.4, -0.2) is 6.61 Å². The summed E-state index contributed by atoms with van der Waals surface area (Å²) in [5.74, 6) is 0. The van der Waals surface area contributed by atoms with Gasteiger partial charge in [-0.1, -0.05) is 12.7 Å². The number of rotatable bonds is 3. The Morgan fingerprint density at radius 2 is 2.43 bits per heavy atom. The molecule has 2 nitrogen and oxygen atoms in total. The van der Waals surface area contributed by atoms with Gasteiger partial charge in [0.2, 0.25) is 0 Å². The Bertz CT molecular complexity index is 68.5.